The maximum Gasteiger partial charge on any atom is 0.336 e. The van der Waals surface area contributed by atoms with E-state index in [1.54, 1.807) is 18.2 Å². The number of carboxylic acids is 1. The van der Waals surface area contributed by atoms with Gasteiger partial charge in [-0.3, -0.25) is 0 Å². The molecule has 6 nitrogen and oxygen atoms in total. The average Bonchev–Trinajstić information content (AvgIpc) is 3.08. The summed E-state index contributed by atoms with van der Waals surface area (Å²) in [5.41, 5.74) is 0.245. The Morgan fingerprint density at radius 1 is 1.38 bits per heavy atom. The molecule has 110 valence electrons. The van der Waals surface area contributed by atoms with Crippen LogP contribution in [0.3, 0.4) is 0 Å². The largest absolute Gasteiger partial charge is 0.478 e. The zero-order chi connectivity index (χ0) is 14.8. The fourth-order valence-corrected chi connectivity index (χ4v) is 4.05. The van der Waals surface area contributed by atoms with Gasteiger partial charge in [0.25, 0.3) is 0 Å². The summed E-state index contributed by atoms with van der Waals surface area (Å²) in [4.78, 5) is 11.9. The van der Waals surface area contributed by atoms with Gasteiger partial charge in [-0.2, -0.15) is 0 Å². The molecule has 1 saturated carbocycles. The van der Waals surface area contributed by atoms with Gasteiger partial charge in [0.1, 0.15) is 0 Å². The van der Waals surface area contributed by atoms with Gasteiger partial charge in [-0.15, -0.1) is 5.10 Å². The molecule has 0 radical (unpaired) electrons. The molecule has 21 heavy (non-hydrogen) atoms. The predicted octanol–water partition coefficient (Wildman–Crippen LogP) is 3.40. The summed E-state index contributed by atoms with van der Waals surface area (Å²) in [6.07, 6.45) is 4.65. The minimum atomic E-state index is -0.950. The summed E-state index contributed by atoms with van der Waals surface area (Å²) in [5, 5.41) is 21.7. The van der Waals surface area contributed by atoms with Crippen molar-refractivity contribution in [3.05, 3.63) is 28.2 Å². The molecule has 2 aromatic rings. The molecule has 0 atom stereocenters. The van der Waals surface area contributed by atoms with Crippen LogP contribution in [0.5, 0.6) is 0 Å². The van der Waals surface area contributed by atoms with Crippen LogP contribution in [0.2, 0.25) is 0 Å². The minimum absolute atomic E-state index is 0.245. The number of carbonyl (C=O) groups is 1. The molecule has 0 amide bonds. The van der Waals surface area contributed by atoms with E-state index in [2.05, 4.69) is 31.5 Å². The molecule has 1 aliphatic rings. The predicted molar refractivity (Wildman–Crippen MR) is 80.5 cm³/mol. The van der Waals surface area contributed by atoms with E-state index in [0.717, 1.165) is 22.9 Å². The van der Waals surface area contributed by atoms with Crippen molar-refractivity contribution in [2.24, 2.45) is 0 Å². The van der Waals surface area contributed by atoms with Crippen molar-refractivity contribution < 1.29 is 9.90 Å². The Balaban J connectivity index is 1.82. The SMILES string of the molecule is O=C(O)c1ccc(Sc2nnnn2C2CCCC2)cc1Br. The minimum Gasteiger partial charge on any atom is -0.478 e. The smallest absolute Gasteiger partial charge is 0.336 e. The zero-order valence-electron chi connectivity index (χ0n) is 11.1. The maximum atomic E-state index is 11.0. The van der Waals surface area contributed by atoms with Gasteiger partial charge >= 0.3 is 5.97 Å². The van der Waals surface area contributed by atoms with Gasteiger partial charge in [-0.05, 0) is 69.2 Å². The number of hydrogen-bond acceptors (Lipinski definition) is 5. The molecule has 1 aromatic carbocycles. The second-order valence-electron chi connectivity index (χ2n) is 4.89. The van der Waals surface area contributed by atoms with E-state index in [1.165, 1.54) is 24.6 Å². The Morgan fingerprint density at radius 2 is 2.14 bits per heavy atom. The standard InChI is InChI=1S/C13H13BrN4O2S/c14-11-7-9(5-6-10(11)12(19)20)21-13-15-16-17-18(13)8-3-1-2-4-8/h5-8H,1-4H2,(H,19,20). The number of rotatable bonds is 4. The Hall–Kier alpha value is -1.41. The third kappa shape index (κ3) is 3.11. The summed E-state index contributed by atoms with van der Waals surface area (Å²) >= 11 is 4.73. The normalized spacial score (nSPS) is 15.5. The number of aromatic nitrogens is 4. The van der Waals surface area contributed by atoms with E-state index >= 15 is 0 Å². The molecule has 1 N–H and O–H groups in total. The van der Waals surface area contributed by atoms with Crippen LogP contribution in [0.1, 0.15) is 42.1 Å². The van der Waals surface area contributed by atoms with Crippen molar-refractivity contribution in [1.82, 2.24) is 20.2 Å². The van der Waals surface area contributed by atoms with E-state index in [4.69, 9.17) is 5.11 Å². The van der Waals surface area contributed by atoms with Crippen LogP contribution in [0.25, 0.3) is 0 Å². The van der Waals surface area contributed by atoms with E-state index < -0.39 is 5.97 Å². The molecule has 1 fully saturated rings. The first kappa shape index (κ1) is 14.5. The van der Waals surface area contributed by atoms with Crippen molar-refractivity contribution in [3.8, 4) is 0 Å². The van der Waals surface area contributed by atoms with E-state index in [9.17, 15) is 4.79 Å². The second-order valence-corrected chi connectivity index (χ2v) is 6.79. The Bertz CT molecular complexity index is 670. The highest BCUT2D eigenvalue weighted by molar-refractivity contribution is 9.10. The van der Waals surface area contributed by atoms with Gasteiger partial charge < -0.3 is 5.11 Å². The highest BCUT2D eigenvalue weighted by atomic mass is 79.9. The molecule has 0 aliphatic heterocycles. The Labute approximate surface area is 134 Å². The van der Waals surface area contributed by atoms with E-state index in [0.29, 0.717) is 10.5 Å². The second kappa shape index (κ2) is 6.15. The Kier molecular flexibility index (Phi) is 4.25. The lowest BCUT2D eigenvalue weighted by Gasteiger charge is -2.11. The number of halogens is 1. The van der Waals surface area contributed by atoms with Gasteiger partial charge in [-0.25, -0.2) is 9.48 Å². The summed E-state index contributed by atoms with van der Waals surface area (Å²) in [7, 11) is 0. The number of aromatic carboxylic acids is 1. The first-order chi connectivity index (χ1) is 10.1. The van der Waals surface area contributed by atoms with E-state index in [-0.39, 0.29) is 5.56 Å². The van der Waals surface area contributed by atoms with Crippen LogP contribution < -0.4 is 0 Å². The summed E-state index contributed by atoms with van der Waals surface area (Å²) in [6, 6.07) is 5.51. The molecule has 1 aromatic heterocycles. The fourth-order valence-electron chi connectivity index (χ4n) is 2.47. The summed E-state index contributed by atoms with van der Waals surface area (Å²) < 4.78 is 2.44. The fraction of sp³-hybridized carbons (Fsp3) is 0.385. The van der Waals surface area contributed by atoms with Crippen molar-refractivity contribution >= 4 is 33.7 Å². The van der Waals surface area contributed by atoms with Crippen LogP contribution in [0, 0.1) is 0 Å². The van der Waals surface area contributed by atoms with Crippen molar-refractivity contribution in [2.45, 2.75) is 41.8 Å². The number of nitrogens with zero attached hydrogens (tertiary/aromatic N) is 4. The Morgan fingerprint density at radius 3 is 2.81 bits per heavy atom. The molecule has 0 spiro atoms. The highest BCUT2D eigenvalue weighted by Gasteiger charge is 2.22. The molecule has 8 heteroatoms. The summed E-state index contributed by atoms with van der Waals surface area (Å²) in [5.74, 6) is -0.950. The van der Waals surface area contributed by atoms with Gasteiger partial charge in [-0.1, -0.05) is 12.8 Å². The molecule has 1 heterocycles. The quantitative estimate of drug-likeness (QED) is 0.890. The van der Waals surface area contributed by atoms with Crippen molar-refractivity contribution in [3.63, 3.8) is 0 Å². The first-order valence-electron chi connectivity index (χ1n) is 6.63. The van der Waals surface area contributed by atoms with Crippen LogP contribution in [-0.4, -0.2) is 31.3 Å². The number of carboxylic acid groups (broad SMARTS) is 1. The van der Waals surface area contributed by atoms with Gasteiger partial charge in [0, 0.05) is 9.37 Å². The maximum absolute atomic E-state index is 11.0. The van der Waals surface area contributed by atoms with Crippen molar-refractivity contribution in [2.75, 3.05) is 0 Å². The number of tetrazole rings is 1. The van der Waals surface area contributed by atoms with Gasteiger partial charge in [0.15, 0.2) is 0 Å². The lowest BCUT2D eigenvalue weighted by atomic mass is 10.2. The molecular weight excluding hydrogens is 356 g/mol. The van der Waals surface area contributed by atoms with Gasteiger partial charge in [0.05, 0.1) is 11.6 Å². The highest BCUT2D eigenvalue weighted by Crippen LogP contribution is 2.34. The van der Waals surface area contributed by atoms with E-state index in [1.807, 2.05) is 4.68 Å². The zero-order valence-corrected chi connectivity index (χ0v) is 13.5. The lowest BCUT2D eigenvalue weighted by Crippen LogP contribution is -2.08. The third-order valence-electron chi connectivity index (χ3n) is 3.51. The number of hydrogen-bond donors (Lipinski definition) is 1. The third-order valence-corrected chi connectivity index (χ3v) is 5.11. The average molecular weight is 369 g/mol. The number of benzene rings is 1. The van der Waals surface area contributed by atoms with Gasteiger partial charge in [0.2, 0.25) is 5.16 Å². The molecule has 0 unspecified atom stereocenters. The molecule has 3 rings (SSSR count). The summed E-state index contributed by atoms with van der Waals surface area (Å²) in [6.45, 7) is 0. The molecular formula is C13H13BrN4O2S. The molecule has 1 aliphatic carbocycles. The monoisotopic (exact) mass is 368 g/mol. The van der Waals surface area contributed by atoms with Crippen molar-refractivity contribution in [1.29, 1.82) is 0 Å². The lowest BCUT2D eigenvalue weighted by molar-refractivity contribution is 0.0696. The van der Waals surface area contributed by atoms with Crippen LogP contribution in [0.15, 0.2) is 32.7 Å². The van der Waals surface area contributed by atoms with Crippen LogP contribution >= 0.6 is 27.7 Å². The van der Waals surface area contributed by atoms with Crippen LogP contribution in [-0.2, 0) is 0 Å². The molecule has 0 bridgehead atoms. The topological polar surface area (TPSA) is 80.9 Å². The first-order valence-corrected chi connectivity index (χ1v) is 8.24. The molecule has 0 saturated heterocycles. The van der Waals surface area contributed by atoms with Crippen LogP contribution in [0.4, 0.5) is 0 Å².